The van der Waals surface area contributed by atoms with Gasteiger partial charge in [0.05, 0.1) is 11.9 Å². The molecule has 26 heavy (non-hydrogen) atoms. The van der Waals surface area contributed by atoms with Crippen molar-refractivity contribution >= 4 is 10.9 Å². The normalized spacial score (nSPS) is 11.0. The average molecular weight is 344 g/mol. The Bertz CT molecular complexity index is 1150. The van der Waals surface area contributed by atoms with E-state index in [9.17, 15) is 9.90 Å². The van der Waals surface area contributed by atoms with Crippen LogP contribution in [0.25, 0.3) is 22.0 Å². The van der Waals surface area contributed by atoms with Crippen LogP contribution in [-0.2, 0) is 6.54 Å². The largest absolute Gasteiger partial charge is 0.507 e. The zero-order valence-corrected chi connectivity index (χ0v) is 14.1. The monoisotopic (exact) mass is 344 g/mol. The molecule has 0 atom stereocenters. The van der Waals surface area contributed by atoms with Gasteiger partial charge in [0.1, 0.15) is 11.3 Å². The number of fused-ring (bicyclic) bond motifs is 1. The second-order valence-corrected chi connectivity index (χ2v) is 6.07. The third kappa shape index (κ3) is 2.82. The Balaban J connectivity index is 1.83. The molecule has 0 radical (unpaired) electrons. The molecule has 128 valence electrons. The number of hydrogen-bond acceptors (Lipinski definition) is 5. The molecule has 0 saturated heterocycles. The summed E-state index contributed by atoms with van der Waals surface area (Å²) in [5.41, 5.74) is 3.43. The lowest BCUT2D eigenvalue weighted by atomic mass is 9.99. The first-order valence-electron chi connectivity index (χ1n) is 8.20. The number of nitrogens with zero attached hydrogens (tertiary/aromatic N) is 4. The summed E-state index contributed by atoms with van der Waals surface area (Å²) in [5, 5.41) is 19.0. The Morgan fingerprint density at radius 1 is 1.04 bits per heavy atom. The highest BCUT2D eigenvalue weighted by molar-refractivity contribution is 5.76. The van der Waals surface area contributed by atoms with Crippen molar-refractivity contribution < 1.29 is 5.11 Å². The fraction of sp³-hybridized carbons (Fsp3) is 0.100. The molecule has 0 amide bonds. The van der Waals surface area contributed by atoms with Crippen molar-refractivity contribution in [2.45, 2.75) is 13.5 Å². The predicted octanol–water partition coefficient (Wildman–Crippen LogP) is 2.92. The molecule has 0 aliphatic rings. The molecule has 2 heterocycles. The number of phenolic OH excluding ortho intramolecular Hbond substituents is 1. The van der Waals surface area contributed by atoms with Gasteiger partial charge in [-0.3, -0.25) is 9.78 Å². The van der Waals surface area contributed by atoms with E-state index in [0.717, 1.165) is 16.8 Å². The van der Waals surface area contributed by atoms with E-state index in [1.54, 1.807) is 36.5 Å². The van der Waals surface area contributed by atoms with Gasteiger partial charge in [0, 0.05) is 23.0 Å². The number of rotatable bonds is 3. The number of pyridine rings is 1. The van der Waals surface area contributed by atoms with E-state index in [1.807, 2.05) is 31.2 Å². The maximum atomic E-state index is 12.7. The first-order chi connectivity index (χ1) is 12.6. The van der Waals surface area contributed by atoms with Gasteiger partial charge in [-0.25, -0.2) is 4.68 Å². The molecule has 2 aromatic heterocycles. The van der Waals surface area contributed by atoms with Crippen LogP contribution < -0.4 is 5.56 Å². The lowest BCUT2D eigenvalue weighted by molar-refractivity contribution is 0.476. The second kappa shape index (κ2) is 6.40. The predicted molar refractivity (Wildman–Crippen MR) is 99.0 cm³/mol. The van der Waals surface area contributed by atoms with Crippen LogP contribution in [0.3, 0.4) is 0 Å². The van der Waals surface area contributed by atoms with Gasteiger partial charge in [-0.2, -0.15) is 0 Å². The Morgan fingerprint density at radius 3 is 2.69 bits per heavy atom. The summed E-state index contributed by atoms with van der Waals surface area (Å²) in [5.74, 6) is 0.134. The molecular formula is C20H16N4O2. The zero-order chi connectivity index (χ0) is 18.1. The number of phenols is 1. The zero-order valence-electron chi connectivity index (χ0n) is 14.1. The minimum absolute atomic E-state index is 0.134. The molecule has 0 unspecified atom stereocenters. The Labute approximate surface area is 149 Å². The summed E-state index contributed by atoms with van der Waals surface area (Å²) >= 11 is 0. The SMILES string of the molecule is Cc1ccc(-c2c(O)cccc2Cn2nnc3ccccc3c2=O)cn1. The third-order valence-corrected chi connectivity index (χ3v) is 4.28. The van der Waals surface area contributed by atoms with E-state index in [0.29, 0.717) is 16.5 Å². The van der Waals surface area contributed by atoms with Crippen molar-refractivity contribution in [2.75, 3.05) is 0 Å². The van der Waals surface area contributed by atoms with E-state index in [1.165, 1.54) is 4.68 Å². The smallest absolute Gasteiger partial charge is 0.277 e. The fourth-order valence-corrected chi connectivity index (χ4v) is 2.96. The maximum absolute atomic E-state index is 12.7. The van der Waals surface area contributed by atoms with Gasteiger partial charge in [-0.1, -0.05) is 35.5 Å². The molecule has 4 aromatic rings. The van der Waals surface area contributed by atoms with Crippen LogP contribution in [0.4, 0.5) is 0 Å². The Hall–Kier alpha value is -3.54. The Kier molecular flexibility index (Phi) is 3.93. The van der Waals surface area contributed by atoms with Crippen LogP contribution in [0.1, 0.15) is 11.3 Å². The summed E-state index contributed by atoms with van der Waals surface area (Å²) in [7, 11) is 0. The van der Waals surface area contributed by atoms with E-state index < -0.39 is 0 Å². The molecule has 2 aromatic carbocycles. The summed E-state index contributed by atoms with van der Waals surface area (Å²) in [4.78, 5) is 17.0. The van der Waals surface area contributed by atoms with Gasteiger partial charge in [-0.05, 0) is 36.8 Å². The van der Waals surface area contributed by atoms with Gasteiger partial charge in [-0.15, -0.1) is 5.10 Å². The molecule has 0 bridgehead atoms. The van der Waals surface area contributed by atoms with Gasteiger partial charge < -0.3 is 5.11 Å². The van der Waals surface area contributed by atoms with Gasteiger partial charge in [0.25, 0.3) is 5.56 Å². The highest BCUT2D eigenvalue weighted by Gasteiger charge is 2.13. The van der Waals surface area contributed by atoms with E-state index in [-0.39, 0.29) is 17.9 Å². The highest BCUT2D eigenvalue weighted by atomic mass is 16.3. The number of benzene rings is 2. The van der Waals surface area contributed by atoms with Crippen LogP contribution in [0.5, 0.6) is 5.75 Å². The molecule has 0 saturated carbocycles. The van der Waals surface area contributed by atoms with Crippen LogP contribution in [0, 0.1) is 6.92 Å². The van der Waals surface area contributed by atoms with E-state index in [4.69, 9.17) is 0 Å². The minimum atomic E-state index is -0.216. The summed E-state index contributed by atoms with van der Waals surface area (Å²) in [6.45, 7) is 2.11. The van der Waals surface area contributed by atoms with Crippen LogP contribution in [-0.4, -0.2) is 25.1 Å². The summed E-state index contributed by atoms with van der Waals surface area (Å²) in [6.07, 6.45) is 1.71. The van der Waals surface area contributed by atoms with Crippen LogP contribution in [0.15, 0.2) is 65.6 Å². The van der Waals surface area contributed by atoms with Crippen molar-refractivity contribution in [1.29, 1.82) is 0 Å². The molecule has 0 spiro atoms. The summed E-state index contributed by atoms with van der Waals surface area (Å²) < 4.78 is 1.31. The Morgan fingerprint density at radius 2 is 1.88 bits per heavy atom. The van der Waals surface area contributed by atoms with Crippen molar-refractivity contribution in [3.8, 4) is 16.9 Å². The van der Waals surface area contributed by atoms with Crippen LogP contribution >= 0.6 is 0 Å². The van der Waals surface area contributed by atoms with Crippen molar-refractivity contribution in [3.63, 3.8) is 0 Å². The van der Waals surface area contributed by atoms with Crippen molar-refractivity contribution in [1.82, 2.24) is 20.0 Å². The first kappa shape index (κ1) is 16.0. The fourth-order valence-electron chi connectivity index (χ4n) is 2.96. The standard InChI is InChI=1S/C20H16N4O2/c1-13-9-10-14(11-21-13)19-15(5-4-8-18(19)25)12-24-20(26)16-6-2-3-7-17(16)22-23-24/h2-11,25H,12H2,1H3. The lowest BCUT2D eigenvalue weighted by Crippen LogP contribution is -2.25. The highest BCUT2D eigenvalue weighted by Crippen LogP contribution is 2.32. The molecule has 0 fully saturated rings. The number of aryl methyl sites for hydroxylation is 1. The third-order valence-electron chi connectivity index (χ3n) is 4.28. The molecular weight excluding hydrogens is 328 g/mol. The van der Waals surface area contributed by atoms with E-state index >= 15 is 0 Å². The maximum Gasteiger partial charge on any atom is 0.277 e. The second-order valence-electron chi connectivity index (χ2n) is 6.07. The van der Waals surface area contributed by atoms with Gasteiger partial charge in [0.15, 0.2) is 0 Å². The van der Waals surface area contributed by atoms with Crippen molar-refractivity contribution in [3.05, 3.63) is 82.4 Å². The quantitative estimate of drug-likeness (QED) is 0.618. The number of hydrogen-bond donors (Lipinski definition) is 1. The van der Waals surface area contributed by atoms with Gasteiger partial charge in [0.2, 0.25) is 0 Å². The van der Waals surface area contributed by atoms with Crippen LogP contribution in [0.2, 0.25) is 0 Å². The molecule has 4 rings (SSSR count). The minimum Gasteiger partial charge on any atom is -0.507 e. The number of aromatic hydroxyl groups is 1. The molecule has 6 heteroatoms. The topological polar surface area (TPSA) is 80.9 Å². The summed E-state index contributed by atoms with van der Waals surface area (Å²) in [6, 6.07) is 16.1. The van der Waals surface area contributed by atoms with E-state index in [2.05, 4.69) is 15.3 Å². The first-order valence-corrected chi connectivity index (χ1v) is 8.20. The van der Waals surface area contributed by atoms with Crippen molar-refractivity contribution in [2.24, 2.45) is 0 Å². The average Bonchev–Trinajstić information content (AvgIpc) is 2.65. The molecule has 0 aliphatic carbocycles. The molecule has 6 nitrogen and oxygen atoms in total. The molecule has 0 aliphatic heterocycles. The van der Waals surface area contributed by atoms with Gasteiger partial charge >= 0.3 is 0 Å². The lowest BCUT2D eigenvalue weighted by Gasteiger charge is -2.12. The number of aromatic nitrogens is 4. The molecule has 1 N–H and O–H groups in total.